The lowest BCUT2D eigenvalue weighted by molar-refractivity contribution is 0.0963. The monoisotopic (exact) mass is 178 g/mol. The second-order valence-corrected chi connectivity index (χ2v) is 3.92. The number of aromatic nitrogens is 2. The van der Waals surface area contributed by atoms with Crippen molar-refractivity contribution in [2.45, 2.75) is 33.1 Å². The van der Waals surface area contributed by atoms with Crippen LogP contribution >= 0.6 is 0 Å². The molecule has 0 spiro atoms. The zero-order valence-electron chi connectivity index (χ0n) is 8.05. The lowest BCUT2D eigenvalue weighted by Crippen LogP contribution is -2.03. The smallest absolute Gasteiger partial charge is 0.181 e. The molecule has 1 unspecified atom stereocenters. The Kier molecular flexibility index (Phi) is 1.94. The standard InChI is InChI=1S/C10H14N2O/c1-6-3-4-8-10(9(13)5-6)12-7(2)11-8/h6H,3-5H2,1-2H3,(H,11,12). The molecule has 0 saturated carbocycles. The fourth-order valence-corrected chi connectivity index (χ4v) is 1.85. The second-order valence-electron chi connectivity index (χ2n) is 3.92. The Labute approximate surface area is 77.6 Å². The third kappa shape index (κ3) is 1.50. The Morgan fingerprint density at radius 1 is 1.54 bits per heavy atom. The number of nitrogens with zero attached hydrogens (tertiary/aromatic N) is 1. The summed E-state index contributed by atoms with van der Waals surface area (Å²) in [6, 6.07) is 0. The summed E-state index contributed by atoms with van der Waals surface area (Å²) in [5.41, 5.74) is 1.72. The van der Waals surface area contributed by atoms with Crippen LogP contribution in [0.25, 0.3) is 0 Å². The number of hydrogen-bond donors (Lipinski definition) is 1. The normalized spacial score (nSPS) is 22.6. The summed E-state index contributed by atoms with van der Waals surface area (Å²) in [4.78, 5) is 19.0. The van der Waals surface area contributed by atoms with Crippen molar-refractivity contribution in [3.8, 4) is 0 Å². The number of carbonyl (C=O) groups excluding carboxylic acids is 1. The molecule has 1 N–H and O–H groups in total. The third-order valence-corrected chi connectivity index (χ3v) is 2.58. The van der Waals surface area contributed by atoms with E-state index in [0.717, 1.165) is 30.1 Å². The van der Waals surface area contributed by atoms with Gasteiger partial charge in [-0.05, 0) is 25.7 Å². The summed E-state index contributed by atoms with van der Waals surface area (Å²) >= 11 is 0. The van der Waals surface area contributed by atoms with E-state index in [0.29, 0.717) is 12.3 Å². The summed E-state index contributed by atoms with van der Waals surface area (Å²) in [5.74, 6) is 1.57. The van der Waals surface area contributed by atoms with Gasteiger partial charge in [0, 0.05) is 6.42 Å². The van der Waals surface area contributed by atoms with Gasteiger partial charge in [-0.3, -0.25) is 4.79 Å². The van der Waals surface area contributed by atoms with Crippen LogP contribution in [0.15, 0.2) is 0 Å². The predicted molar refractivity (Wildman–Crippen MR) is 49.8 cm³/mol. The molecule has 1 heterocycles. The third-order valence-electron chi connectivity index (χ3n) is 2.58. The van der Waals surface area contributed by atoms with Crippen LogP contribution in [0.4, 0.5) is 0 Å². The molecule has 13 heavy (non-hydrogen) atoms. The Morgan fingerprint density at radius 2 is 2.31 bits per heavy atom. The number of fused-ring (bicyclic) bond motifs is 1. The molecule has 3 heteroatoms. The van der Waals surface area contributed by atoms with E-state index in [1.807, 2.05) is 6.92 Å². The molecule has 3 nitrogen and oxygen atoms in total. The molecule has 1 atom stereocenters. The van der Waals surface area contributed by atoms with Gasteiger partial charge in [0.05, 0.1) is 5.69 Å². The van der Waals surface area contributed by atoms with Crippen LogP contribution in [0.2, 0.25) is 0 Å². The Hall–Kier alpha value is -1.12. The van der Waals surface area contributed by atoms with E-state index in [4.69, 9.17) is 0 Å². The summed E-state index contributed by atoms with van der Waals surface area (Å²) < 4.78 is 0. The number of aromatic amines is 1. The van der Waals surface area contributed by atoms with Gasteiger partial charge >= 0.3 is 0 Å². The van der Waals surface area contributed by atoms with Crippen LogP contribution in [0.5, 0.6) is 0 Å². The molecule has 0 amide bonds. The number of rotatable bonds is 0. The SMILES string of the molecule is Cc1nc2c([nH]1)C(=O)CC(C)CC2. The van der Waals surface area contributed by atoms with Gasteiger partial charge in [-0.1, -0.05) is 6.92 Å². The van der Waals surface area contributed by atoms with E-state index in [1.54, 1.807) is 0 Å². The molecule has 1 aliphatic carbocycles. The molecular weight excluding hydrogens is 164 g/mol. The topological polar surface area (TPSA) is 45.8 Å². The van der Waals surface area contributed by atoms with E-state index in [1.165, 1.54) is 0 Å². The van der Waals surface area contributed by atoms with E-state index in [9.17, 15) is 4.79 Å². The van der Waals surface area contributed by atoms with Crippen molar-refractivity contribution in [1.29, 1.82) is 0 Å². The van der Waals surface area contributed by atoms with Gasteiger partial charge in [0.2, 0.25) is 0 Å². The van der Waals surface area contributed by atoms with Gasteiger partial charge in [0.1, 0.15) is 11.5 Å². The molecule has 0 saturated heterocycles. The number of ketones is 1. The lowest BCUT2D eigenvalue weighted by Gasteiger charge is -2.03. The maximum absolute atomic E-state index is 11.7. The molecule has 0 aliphatic heterocycles. The largest absolute Gasteiger partial charge is 0.340 e. The maximum Gasteiger partial charge on any atom is 0.181 e. The summed E-state index contributed by atoms with van der Waals surface area (Å²) in [5, 5.41) is 0. The van der Waals surface area contributed by atoms with Crippen molar-refractivity contribution in [2.24, 2.45) is 5.92 Å². The van der Waals surface area contributed by atoms with Crippen molar-refractivity contribution < 1.29 is 4.79 Å². The van der Waals surface area contributed by atoms with E-state index in [2.05, 4.69) is 16.9 Å². The van der Waals surface area contributed by atoms with Crippen molar-refractivity contribution in [2.75, 3.05) is 0 Å². The van der Waals surface area contributed by atoms with Crippen molar-refractivity contribution in [1.82, 2.24) is 9.97 Å². The fraction of sp³-hybridized carbons (Fsp3) is 0.600. The minimum absolute atomic E-state index is 0.223. The second kappa shape index (κ2) is 2.98. The molecule has 1 aliphatic rings. The highest BCUT2D eigenvalue weighted by Crippen LogP contribution is 2.22. The first-order valence-electron chi connectivity index (χ1n) is 4.75. The Bertz CT molecular complexity index is 341. The number of aryl methyl sites for hydroxylation is 2. The fourth-order valence-electron chi connectivity index (χ4n) is 1.85. The van der Waals surface area contributed by atoms with Gasteiger partial charge in [0.25, 0.3) is 0 Å². The van der Waals surface area contributed by atoms with Crippen molar-refractivity contribution in [3.05, 3.63) is 17.2 Å². The van der Waals surface area contributed by atoms with Crippen LogP contribution in [0.1, 0.15) is 41.8 Å². The molecular formula is C10H14N2O. The van der Waals surface area contributed by atoms with E-state index in [-0.39, 0.29) is 5.78 Å². The molecule has 0 bridgehead atoms. The summed E-state index contributed by atoms with van der Waals surface area (Å²) in [6.45, 7) is 4.02. The molecule has 2 rings (SSSR count). The minimum atomic E-state index is 0.223. The van der Waals surface area contributed by atoms with Crippen LogP contribution in [0, 0.1) is 12.8 Å². The van der Waals surface area contributed by atoms with Crippen LogP contribution in [-0.2, 0) is 6.42 Å². The van der Waals surface area contributed by atoms with Crippen molar-refractivity contribution in [3.63, 3.8) is 0 Å². The number of carbonyl (C=O) groups is 1. The molecule has 70 valence electrons. The summed E-state index contributed by atoms with van der Waals surface area (Å²) in [6.07, 6.45) is 2.67. The van der Waals surface area contributed by atoms with E-state index < -0.39 is 0 Å². The first-order chi connectivity index (χ1) is 6.16. The lowest BCUT2D eigenvalue weighted by atomic mass is 10.0. The number of hydrogen-bond acceptors (Lipinski definition) is 2. The predicted octanol–water partition coefficient (Wildman–Crippen LogP) is 1.87. The quantitative estimate of drug-likeness (QED) is 0.616. The van der Waals surface area contributed by atoms with Crippen LogP contribution in [0.3, 0.4) is 0 Å². The van der Waals surface area contributed by atoms with Gasteiger partial charge in [-0.2, -0.15) is 0 Å². The van der Waals surface area contributed by atoms with Gasteiger partial charge < -0.3 is 4.98 Å². The van der Waals surface area contributed by atoms with Gasteiger partial charge in [0.15, 0.2) is 5.78 Å². The zero-order valence-corrected chi connectivity index (χ0v) is 8.05. The number of nitrogens with one attached hydrogen (secondary N) is 1. The van der Waals surface area contributed by atoms with Crippen LogP contribution in [-0.4, -0.2) is 15.8 Å². The molecule has 0 radical (unpaired) electrons. The first-order valence-corrected chi connectivity index (χ1v) is 4.75. The maximum atomic E-state index is 11.7. The van der Waals surface area contributed by atoms with Crippen molar-refractivity contribution >= 4 is 5.78 Å². The Morgan fingerprint density at radius 3 is 3.08 bits per heavy atom. The highest BCUT2D eigenvalue weighted by molar-refractivity contribution is 5.95. The molecule has 0 aromatic carbocycles. The highest BCUT2D eigenvalue weighted by atomic mass is 16.1. The van der Waals surface area contributed by atoms with Gasteiger partial charge in [-0.15, -0.1) is 0 Å². The first kappa shape index (κ1) is 8.48. The number of imidazole rings is 1. The number of H-pyrrole nitrogens is 1. The minimum Gasteiger partial charge on any atom is -0.340 e. The average Bonchev–Trinajstić information content (AvgIpc) is 2.38. The Balaban J connectivity index is 2.39. The molecule has 1 aromatic heterocycles. The van der Waals surface area contributed by atoms with E-state index >= 15 is 0 Å². The van der Waals surface area contributed by atoms with Gasteiger partial charge in [-0.25, -0.2) is 4.98 Å². The molecule has 1 aromatic rings. The average molecular weight is 178 g/mol. The summed E-state index contributed by atoms with van der Waals surface area (Å²) in [7, 11) is 0. The zero-order chi connectivity index (χ0) is 9.42. The number of Topliss-reactive ketones (excluding diaryl/α,β-unsaturated/α-hetero) is 1. The van der Waals surface area contributed by atoms with Crippen LogP contribution < -0.4 is 0 Å². The highest BCUT2D eigenvalue weighted by Gasteiger charge is 2.22. The molecule has 0 fully saturated rings.